The molecule has 1 aliphatic rings. The van der Waals surface area contributed by atoms with Gasteiger partial charge in [0, 0.05) is 6.42 Å². The highest BCUT2D eigenvalue weighted by molar-refractivity contribution is 5.71. The second-order valence-corrected chi connectivity index (χ2v) is 5.83. The quantitative estimate of drug-likeness (QED) is 0.552. The number of benzene rings is 2. The van der Waals surface area contributed by atoms with Crippen LogP contribution in [-0.4, -0.2) is 19.4 Å². The molecule has 2 aromatic carbocycles. The highest BCUT2D eigenvalue weighted by Gasteiger charge is 2.24. The highest BCUT2D eigenvalue weighted by Crippen LogP contribution is 2.30. The molecule has 0 saturated carbocycles. The largest absolute Gasteiger partial charge is 0.497 e. The molecule has 1 aliphatic heterocycles. The third kappa shape index (κ3) is 7.90. The second-order valence-electron chi connectivity index (χ2n) is 5.83. The number of hydrogen-bond donors (Lipinski definition) is 0. The number of carbonyl (C=O) groups is 2. The van der Waals surface area contributed by atoms with E-state index in [9.17, 15) is 4.79 Å². The predicted molar refractivity (Wildman–Crippen MR) is 109 cm³/mol. The lowest BCUT2D eigenvalue weighted by molar-refractivity contribution is -0.141. The number of carbonyl (C=O) groups excluding carboxylic acids is 2. The molecule has 0 radical (unpaired) electrons. The maximum absolute atomic E-state index is 10.9. The first-order valence-corrected chi connectivity index (χ1v) is 9.02. The summed E-state index contributed by atoms with van der Waals surface area (Å²) in [6.45, 7) is 7.29. The molecule has 0 unspecified atom stereocenters. The van der Waals surface area contributed by atoms with Gasteiger partial charge in [-0.05, 0) is 48.6 Å². The molecular weight excluding hydrogens is 340 g/mol. The van der Waals surface area contributed by atoms with Gasteiger partial charge in [-0.3, -0.25) is 4.79 Å². The monoisotopic (exact) mass is 368 g/mol. The second kappa shape index (κ2) is 12.5. The van der Waals surface area contributed by atoms with Crippen LogP contribution in [0.2, 0.25) is 0 Å². The van der Waals surface area contributed by atoms with Crippen LogP contribution in [0.15, 0.2) is 55.1 Å². The SMILES string of the molecule is C=Cc1ccc(CC)cc1.CC=O.COc1ccc([C@@H]2CCC(=O)O2)cc1. The average Bonchev–Trinajstić information content (AvgIpc) is 3.15. The zero-order valence-corrected chi connectivity index (χ0v) is 16.3. The molecule has 0 spiro atoms. The summed E-state index contributed by atoms with van der Waals surface area (Å²) in [7, 11) is 1.63. The van der Waals surface area contributed by atoms with Crippen LogP contribution < -0.4 is 4.74 Å². The molecular formula is C23H28O4. The van der Waals surface area contributed by atoms with Crippen molar-refractivity contribution in [2.24, 2.45) is 0 Å². The first kappa shape index (κ1) is 22.2. The van der Waals surface area contributed by atoms with Crippen LogP contribution in [0, 0.1) is 0 Å². The Morgan fingerprint density at radius 3 is 2.15 bits per heavy atom. The van der Waals surface area contributed by atoms with E-state index >= 15 is 0 Å². The van der Waals surface area contributed by atoms with Crippen molar-refractivity contribution >= 4 is 18.3 Å². The minimum Gasteiger partial charge on any atom is -0.497 e. The van der Waals surface area contributed by atoms with E-state index in [0.717, 1.165) is 30.4 Å². The van der Waals surface area contributed by atoms with Gasteiger partial charge in [-0.1, -0.05) is 56.0 Å². The molecule has 0 aliphatic carbocycles. The Morgan fingerprint density at radius 2 is 1.74 bits per heavy atom. The lowest BCUT2D eigenvalue weighted by atomic mass is 10.1. The van der Waals surface area contributed by atoms with Crippen LogP contribution in [0.5, 0.6) is 5.75 Å². The van der Waals surface area contributed by atoms with Gasteiger partial charge in [0.25, 0.3) is 0 Å². The molecule has 3 rings (SSSR count). The molecule has 2 aromatic rings. The van der Waals surface area contributed by atoms with Crippen molar-refractivity contribution in [1.82, 2.24) is 0 Å². The molecule has 1 heterocycles. The minimum absolute atomic E-state index is 0.0617. The number of hydrogen-bond acceptors (Lipinski definition) is 4. The fourth-order valence-electron chi connectivity index (χ4n) is 2.47. The summed E-state index contributed by atoms with van der Waals surface area (Å²) >= 11 is 0. The van der Waals surface area contributed by atoms with Crippen molar-refractivity contribution in [3.8, 4) is 5.75 Å². The van der Waals surface area contributed by atoms with E-state index in [1.165, 1.54) is 18.1 Å². The zero-order valence-electron chi connectivity index (χ0n) is 16.3. The summed E-state index contributed by atoms with van der Waals surface area (Å²) in [6.07, 6.45) is 4.96. The van der Waals surface area contributed by atoms with Gasteiger partial charge in [-0.15, -0.1) is 0 Å². The lowest BCUT2D eigenvalue weighted by Gasteiger charge is -2.09. The van der Waals surface area contributed by atoms with Crippen molar-refractivity contribution < 1.29 is 19.1 Å². The maximum Gasteiger partial charge on any atom is 0.306 e. The normalized spacial score (nSPS) is 14.6. The van der Waals surface area contributed by atoms with Gasteiger partial charge in [-0.25, -0.2) is 0 Å². The molecule has 1 saturated heterocycles. The van der Waals surface area contributed by atoms with E-state index in [0.29, 0.717) is 6.42 Å². The zero-order chi connectivity index (χ0) is 20.1. The van der Waals surface area contributed by atoms with Gasteiger partial charge in [-0.2, -0.15) is 0 Å². The number of esters is 1. The van der Waals surface area contributed by atoms with Gasteiger partial charge in [0.05, 0.1) is 7.11 Å². The Labute approximate surface area is 161 Å². The third-order valence-electron chi connectivity index (χ3n) is 4.00. The number of methoxy groups -OCH3 is 1. The van der Waals surface area contributed by atoms with Gasteiger partial charge in [0.15, 0.2) is 0 Å². The lowest BCUT2D eigenvalue weighted by Crippen LogP contribution is -1.98. The number of rotatable bonds is 4. The Bertz CT molecular complexity index is 702. The summed E-state index contributed by atoms with van der Waals surface area (Å²) in [5.74, 6) is 0.712. The molecule has 0 N–H and O–H groups in total. The van der Waals surface area contributed by atoms with E-state index in [2.05, 4.69) is 37.8 Å². The van der Waals surface area contributed by atoms with Crippen LogP contribution in [0.25, 0.3) is 6.08 Å². The van der Waals surface area contributed by atoms with Gasteiger partial charge in [0.2, 0.25) is 0 Å². The molecule has 4 heteroatoms. The fourth-order valence-corrected chi connectivity index (χ4v) is 2.47. The summed E-state index contributed by atoms with van der Waals surface area (Å²) in [4.78, 5) is 19.7. The van der Waals surface area contributed by atoms with Crippen molar-refractivity contribution in [1.29, 1.82) is 0 Å². The molecule has 0 aromatic heterocycles. The highest BCUT2D eigenvalue weighted by atomic mass is 16.5. The van der Waals surface area contributed by atoms with Crippen molar-refractivity contribution in [3.05, 3.63) is 71.8 Å². The van der Waals surface area contributed by atoms with Crippen molar-refractivity contribution in [3.63, 3.8) is 0 Å². The number of ether oxygens (including phenoxy) is 2. The number of aryl methyl sites for hydroxylation is 1. The summed E-state index contributed by atoms with van der Waals surface area (Å²) in [5, 5.41) is 0. The van der Waals surface area contributed by atoms with Crippen LogP contribution in [0.1, 0.15) is 49.5 Å². The van der Waals surface area contributed by atoms with Crippen molar-refractivity contribution in [2.45, 2.75) is 39.2 Å². The minimum atomic E-state index is -0.106. The Kier molecular flexibility index (Phi) is 10.2. The van der Waals surface area contributed by atoms with E-state index in [1.54, 1.807) is 7.11 Å². The third-order valence-corrected chi connectivity index (χ3v) is 4.00. The first-order chi connectivity index (χ1) is 13.1. The van der Waals surface area contributed by atoms with E-state index in [4.69, 9.17) is 14.3 Å². The van der Waals surface area contributed by atoms with Crippen LogP contribution in [0.4, 0.5) is 0 Å². The fraction of sp³-hybridized carbons (Fsp3) is 0.304. The Morgan fingerprint density at radius 1 is 1.15 bits per heavy atom. The molecule has 0 bridgehead atoms. The molecule has 0 amide bonds. The van der Waals surface area contributed by atoms with Gasteiger partial charge in [0.1, 0.15) is 18.1 Å². The summed E-state index contributed by atoms with van der Waals surface area (Å²) in [5.41, 5.74) is 3.61. The standard InChI is InChI=1S/C11H12O3.C10H12.C2H4O/c1-13-9-4-2-8(3-5-9)10-6-7-11(12)14-10;1-3-9-5-7-10(4-2)8-6-9;1-2-3/h2-5,10H,6-7H2,1H3;3,5-8H,1,4H2,2H3;2H,1H3/t10-;;/m0../s1. The molecule has 4 nitrogen and oxygen atoms in total. The Hall–Kier alpha value is -2.88. The maximum atomic E-state index is 10.9. The van der Waals surface area contributed by atoms with E-state index < -0.39 is 0 Å². The van der Waals surface area contributed by atoms with Crippen LogP contribution >= 0.6 is 0 Å². The number of aldehydes is 1. The smallest absolute Gasteiger partial charge is 0.306 e. The van der Waals surface area contributed by atoms with Crippen molar-refractivity contribution in [2.75, 3.05) is 7.11 Å². The van der Waals surface area contributed by atoms with Crippen LogP contribution in [0.3, 0.4) is 0 Å². The predicted octanol–water partition coefficient (Wildman–Crippen LogP) is 5.17. The topological polar surface area (TPSA) is 52.6 Å². The van der Waals surface area contributed by atoms with Gasteiger partial charge < -0.3 is 14.3 Å². The number of cyclic esters (lactones) is 1. The molecule has 27 heavy (non-hydrogen) atoms. The van der Waals surface area contributed by atoms with Gasteiger partial charge >= 0.3 is 5.97 Å². The summed E-state index contributed by atoms with van der Waals surface area (Å²) in [6, 6.07) is 16.1. The molecule has 1 fully saturated rings. The average molecular weight is 368 g/mol. The van der Waals surface area contributed by atoms with E-state index in [1.807, 2.05) is 30.3 Å². The van der Waals surface area contributed by atoms with E-state index in [-0.39, 0.29) is 12.1 Å². The van der Waals surface area contributed by atoms with Crippen LogP contribution in [-0.2, 0) is 20.7 Å². The first-order valence-electron chi connectivity index (χ1n) is 9.02. The molecule has 144 valence electrons. The summed E-state index contributed by atoms with van der Waals surface area (Å²) < 4.78 is 10.2. The molecule has 1 atom stereocenters. The Balaban J connectivity index is 0.000000246.